The van der Waals surface area contributed by atoms with Gasteiger partial charge in [0.05, 0.1) is 0 Å². The second-order valence-electron chi connectivity index (χ2n) is 5.91. The average molecular weight is 273 g/mol. The first-order valence-electron chi connectivity index (χ1n) is 6.29. The van der Waals surface area contributed by atoms with Crippen molar-refractivity contribution in [3.63, 3.8) is 0 Å². The Labute approximate surface area is 111 Å². The minimum atomic E-state index is -4.65. The summed E-state index contributed by atoms with van der Waals surface area (Å²) >= 11 is 0. The highest BCUT2D eigenvalue weighted by Gasteiger charge is 2.33. The van der Waals surface area contributed by atoms with Crippen LogP contribution in [-0.2, 0) is 6.42 Å². The maximum absolute atomic E-state index is 12.3. The minimum absolute atomic E-state index is 0.0352. The van der Waals surface area contributed by atoms with E-state index in [4.69, 9.17) is 0 Å². The van der Waals surface area contributed by atoms with Gasteiger partial charge < -0.3 is 10.1 Å². The fourth-order valence-electron chi connectivity index (χ4n) is 2.50. The first-order valence-corrected chi connectivity index (χ1v) is 6.29. The van der Waals surface area contributed by atoms with Gasteiger partial charge in [-0.05, 0) is 41.6 Å². The van der Waals surface area contributed by atoms with Crippen molar-refractivity contribution in [3.05, 3.63) is 29.3 Å². The highest BCUT2D eigenvalue weighted by Crippen LogP contribution is 2.38. The molecule has 1 aromatic rings. The Morgan fingerprint density at radius 3 is 2.47 bits per heavy atom. The molecule has 1 aliphatic heterocycles. The molecule has 0 bridgehead atoms. The van der Waals surface area contributed by atoms with Crippen LogP contribution >= 0.6 is 0 Å². The van der Waals surface area contributed by atoms with Gasteiger partial charge in [-0.3, -0.25) is 0 Å². The van der Waals surface area contributed by atoms with Crippen LogP contribution in [0.2, 0.25) is 0 Å². The number of benzene rings is 1. The van der Waals surface area contributed by atoms with Crippen LogP contribution in [0.25, 0.3) is 0 Å². The topological polar surface area (TPSA) is 21.3 Å². The quantitative estimate of drug-likeness (QED) is 0.840. The standard InChI is InChI=1S/C14H18F3NO/c1-13(2,3)12-11-8-10(19-14(15,16)17)5-4-9(11)6-7-18-12/h4-5,8,12,18H,6-7H2,1-3H3. The molecule has 1 aliphatic rings. The second-order valence-corrected chi connectivity index (χ2v) is 5.91. The van der Waals surface area contributed by atoms with Gasteiger partial charge in [0.25, 0.3) is 0 Å². The molecular formula is C14H18F3NO. The third kappa shape index (κ3) is 3.41. The molecule has 0 saturated heterocycles. The summed E-state index contributed by atoms with van der Waals surface area (Å²) in [5, 5.41) is 3.37. The molecule has 0 amide bonds. The Hall–Kier alpha value is -1.23. The molecule has 1 N–H and O–H groups in total. The van der Waals surface area contributed by atoms with Gasteiger partial charge in [-0.25, -0.2) is 0 Å². The van der Waals surface area contributed by atoms with E-state index in [1.165, 1.54) is 12.1 Å². The van der Waals surface area contributed by atoms with Crippen molar-refractivity contribution >= 4 is 0 Å². The normalized spacial score (nSPS) is 20.0. The number of hydrogen-bond acceptors (Lipinski definition) is 2. The highest BCUT2D eigenvalue weighted by atomic mass is 19.4. The number of hydrogen-bond donors (Lipinski definition) is 1. The van der Waals surface area contributed by atoms with E-state index >= 15 is 0 Å². The first-order chi connectivity index (χ1) is 8.67. The van der Waals surface area contributed by atoms with E-state index < -0.39 is 6.36 Å². The lowest BCUT2D eigenvalue weighted by Gasteiger charge is -2.37. The van der Waals surface area contributed by atoms with Gasteiger partial charge in [-0.15, -0.1) is 13.2 Å². The van der Waals surface area contributed by atoms with E-state index in [-0.39, 0.29) is 17.2 Å². The van der Waals surface area contributed by atoms with Crippen molar-refractivity contribution in [1.29, 1.82) is 0 Å². The molecule has 19 heavy (non-hydrogen) atoms. The van der Waals surface area contributed by atoms with Crippen LogP contribution in [0, 0.1) is 5.41 Å². The van der Waals surface area contributed by atoms with Crippen molar-refractivity contribution in [3.8, 4) is 5.75 Å². The fraction of sp³-hybridized carbons (Fsp3) is 0.571. The van der Waals surface area contributed by atoms with E-state index in [0.29, 0.717) is 0 Å². The van der Waals surface area contributed by atoms with E-state index in [0.717, 1.165) is 24.1 Å². The summed E-state index contributed by atoms with van der Waals surface area (Å²) in [4.78, 5) is 0. The summed E-state index contributed by atoms with van der Waals surface area (Å²) in [5.74, 6) is -0.149. The van der Waals surface area contributed by atoms with Crippen LogP contribution in [0.4, 0.5) is 13.2 Å². The highest BCUT2D eigenvalue weighted by molar-refractivity contribution is 5.40. The van der Waals surface area contributed by atoms with Crippen LogP contribution in [0.5, 0.6) is 5.75 Å². The summed E-state index contributed by atoms with van der Waals surface area (Å²) < 4.78 is 40.8. The van der Waals surface area contributed by atoms with Crippen LogP contribution in [0.15, 0.2) is 18.2 Å². The average Bonchev–Trinajstić information content (AvgIpc) is 2.24. The van der Waals surface area contributed by atoms with Crippen LogP contribution in [0.3, 0.4) is 0 Å². The number of nitrogens with one attached hydrogen (secondary N) is 1. The number of ether oxygens (including phenoxy) is 1. The molecule has 1 unspecified atom stereocenters. The molecule has 0 saturated carbocycles. The number of halogens is 3. The third-order valence-corrected chi connectivity index (χ3v) is 3.27. The van der Waals surface area contributed by atoms with Crippen LogP contribution in [0.1, 0.15) is 37.9 Å². The number of rotatable bonds is 1. The lowest BCUT2D eigenvalue weighted by atomic mass is 9.78. The maximum Gasteiger partial charge on any atom is 0.573 e. The summed E-state index contributed by atoms with van der Waals surface area (Å²) in [6, 6.07) is 4.66. The number of alkyl halides is 3. The Kier molecular flexibility index (Phi) is 3.51. The first kappa shape index (κ1) is 14.2. The van der Waals surface area contributed by atoms with Crippen LogP contribution < -0.4 is 10.1 Å². The lowest BCUT2D eigenvalue weighted by Crippen LogP contribution is -2.37. The zero-order chi connectivity index (χ0) is 14.3. The molecule has 0 fully saturated rings. The summed E-state index contributed by atoms with van der Waals surface area (Å²) in [6.07, 6.45) is -3.82. The summed E-state index contributed by atoms with van der Waals surface area (Å²) in [6.45, 7) is 7.04. The molecule has 106 valence electrons. The van der Waals surface area contributed by atoms with Gasteiger partial charge >= 0.3 is 6.36 Å². The zero-order valence-corrected chi connectivity index (χ0v) is 11.3. The van der Waals surface area contributed by atoms with Gasteiger partial charge in [-0.1, -0.05) is 26.8 Å². The molecule has 5 heteroatoms. The molecule has 1 atom stereocenters. The molecular weight excluding hydrogens is 255 g/mol. The molecule has 0 radical (unpaired) electrons. The largest absolute Gasteiger partial charge is 0.573 e. The zero-order valence-electron chi connectivity index (χ0n) is 11.3. The molecule has 1 heterocycles. The van der Waals surface area contributed by atoms with Gasteiger partial charge in [0.2, 0.25) is 0 Å². The Morgan fingerprint density at radius 2 is 1.89 bits per heavy atom. The van der Waals surface area contributed by atoms with Crippen molar-refractivity contribution < 1.29 is 17.9 Å². The van der Waals surface area contributed by atoms with Gasteiger partial charge in [0, 0.05) is 6.04 Å². The number of fused-ring (bicyclic) bond motifs is 1. The van der Waals surface area contributed by atoms with E-state index in [1.807, 2.05) is 0 Å². The minimum Gasteiger partial charge on any atom is -0.406 e. The Bertz CT molecular complexity index is 463. The van der Waals surface area contributed by atoms with Crippen molar-refractivity contribution in [2.45, 2.75) is 39.6 Å². The predicted molar refractivity (Wildman–Crippen MR) is 67.0 cm³/mol. The second kappa shape index (κ2) is 4.71. The monoisotopic (exact) mass is 273 g/mol. The van der Waals surface area contributed by atoms with Gasteiger partial charge in [0.1, 0.15) is 5.75 Å². The van der Waals surface area contributed by atoms with E-state index in [2.05, 4.69) is 30.8 Å². The maximum atomic E-state index is 12.3. The molecule has 2 nitrogen and oxygen atoms in total. The van der Waals surface area contributed by atoms with Gasteiger partial charge in [0.15, 0.2) is 0 Å². The molecule has 0 aromatic heterocycles. The van der Waals surface area contributed by atoms with Crippen molar-refractivity contribution in [2.24, 2.45) is 5.41 Å². The smallest absolute Gasteiger partial charge is 0.406 e. The SMILES string of the molecule is CC(C)(C)C1NCCc2ccc(OC(F)(F)F)cc21. The van der Waals surface area contributed by atoms with E-state index in [1.54, 1.807) is 6.07 Å². The third-order valence-electron chi connectivity index (χ3n) is 3.27. The summed E-state index contributed by atoms with van der Waals surface area (Å²) in [5.41, 5.74) is 1.93. The van der Waals surface area contributed by atoms with E-state index in [9.17, 15) is 13.2 Å². The summed E-state index contributed by atoms with van der Waals surface area (Å²) in [7, 11) is 0. The van der Waals surface area contributed by atoms with Crippen LogP contribution in [-0.4, -0.2) is 12.9 Å². The predicted octanol–water partition coefficient (Wildman–Crippen LogP) is 3.82. The fourth-order valence-corrected chi connectivity index (χ4v) is 2.50. The van der Waals surface area contributed by atoms with Crippen molar-refractivity contribution in [1.82, 2.24) is 5.32 Å². The Morgan fingerprint density at radius 1 is 1.21 bits per heavy atom. The Balaban J connectivity index is 2.36. The molecule has 1 aromatic carbocycles. The van der Waals surface area contributed by atoms with Crippen molar-refractivity contribution in [2.75, 3.05) is 6.54 Å². The molecule has 0 aliphatic carbocycles. The lowest BCUT2D eigenvalue weighted by molar-refractivity contribution is -0.274. The molecule has 0 spiro atoms. The molecule has 2 rings (SSSR count). The van der Waals surface area contributed by atoms with Gasteiger partial charge in [-0.2, -0.15) is 0 Å².